The smallest absolute Gasteiger partial charge is 0.322 e. The molecule has 6 nitrogen and oxygen atoms in total. The number of unbranched alkanes of at least 4 members (excludes halogenated alkanes) is 1. The molecule has 0 aromatic rings. The third kappa shape index (κ3) is 5.05. The van der Waals surface area contributed by atoms with Crippen LogP contribution in [0.4, 0.5) is 0 Å². The van der Waals surface area contributed by atoms with Gasteiger partial charge in [-0.15, -0.1) is 0 Å². The minimum absolute atomic E-state index is 0.0171. The minimum Gasteiger partial charge on any atom is -0.465 e. The second-order valence-electron chi connectivity index (χ2n) is 5.31. The van der Waals surface area contributed by atoms with Crippen molar-refractivity contribution in [2.45, 2.75) is 45.6 Å². The molecule has 122 valence electrons. The first-order chi connectivity index (χ1) is 10.1. The van der Waals surface area contributed by atoms with E-state index in [-0.39, 0.29) is 38.4 Å². The Kier molecular flexibility index (Phi) is 7.85. The number of carbonyl (C=O) groups is 2. The molecule has 0 spiro atoms. The summed E-state index contributed by atoms with van der Waals surface area (Å²) < 4.78 is 15.6. The predicted octanol–water partition coefficient (Wildman–Crippen LogP) is 1.09. The van der Waals surface area contributed by atoms with Gasteiger partial charge in [-0.05, 0) is 13.3 Å². The van der Waals surface area contributed by atoms with Crippen molar-refractivity contribution in [3.63, 3.8) is 0 Å². The third-order valence-electron chi connectivity index (χ3n) is 3.56. The first-order valence-corrected chi connectivity index (χ1v) is 7.61. The minimum atomic E-state index is -1.39. The monoisotopic (exact) mass is 302 g/mol. The number of ether oxygens (including phenoxy) is 3. The number of aliphatic hydroxyl groups is 1. The summed E-state index contributed by atoms with van der Waals surface area (Å²) in [5, 5.41) is 10.1. The topological polar surface area (TPSA) is 82.1 Å². The van der Waals surface area contributed by atoms with Crippen molar-refractivity contribution in [1.29, 1.82) is 0 Å². The lowest BCUT2D eigenvalue weighted by molar-refractivity contribution is -0.172. The van der Waals surface area contributed by atoms with Gasteiger partial charge in [-0.1, -0.05) is 13.3 Å². The normalized spacial score (nSPS) is 23.9. The van der Waals surface area contributed by atoms with Gasteiger partial charge < -0.3 is 19.3 Å². The first-order valence-electron chi connectivity index (χ1n) is 7.61. The first kappa shape index (κ1) is 18.1. The number of Topliss-reactive ketones (excluding diaryl/α,β-unsaturated/α-hetero) is 1. The van der Waals surface area contributed by atoms with Crippen LogP contribution in [0, 0.1) is 5.41 Å². The van der Waals surface area contributed by atoms with Gasteiger partial charge in [-0.2, -0.15) is 0 Å². The van der Waals surface area contributed by atoms with E-state index in [4.69, 9.17) is 14.2 Å². The van der Waals surface area contributed by atoms with Crippen LogP contribution >= 0.6 is 0 Å². The average molecular weight is 302 g/mol. The molecule has 1 aliphatic rings. The molecule has 1 fully saturated rings. The Hall–Kier alpha value is -0.980. The van der Waals surface area contributed by atoms with E-state index >= 15 is 0 Å². The van der Waals surface area contributed by atoms with Crippen LogP contribution in [0.3, 0.4) is 0 Å². The molecule has 2 atom stereocenters. The molecule has 0 saturated carbocycles. The van der Waals surface area contributed by atoms with Crippen LogP contribution in [0.1, 0.15) is 39.5 Å². The largest absolute Gasteiger partial charge is 0.465 e. The Morgan fingerprint density at radius 2 is 2.24 bits per heavy atom. The number of hydrogen-bond acceptors (Lipinski definition) is 6. The SMILES string of the molecule is CCCCOCC(O)CC1(C(=O)OCC)COCCC1=O. The van der Waals surface area contributed by atoms with Crippen LogP contribution in [0.15, 0.2) is 0 Å². The fourth-order valence-corrected chi connectivity index (χ4v) is 2.36. The van der Waals surface area contributed by atoms with E-state index in [2.05, 4.69) is 0 Å². The molecule has 1 rings (SSSR count). The molecule has 6 heteroatoms. The lowest BCUT2D eigenvalue weighted by atomic mass is 9.76. The van der Waals surface area contributed by atoms with Crippen molar-refractivity contribution in [1.82, 2.24) is 0 Å². The summed E-state index contributed by atoms with van der Waals surface area (Å²) in [6.07, 6.45) is 1.18. The molecule has 1 saturated heterocycles. The van der Waals surface area contributed by atoms with Crippen LogP contribution in [0.2, 0.25) is 0 Å². The van der Waals surface area contributed by atoms with E-state index in [1.165, 1.54) is 0 Å². The maximum atomic E-state index is 12.2. The molecule has 0 aromatic heterocycles. The van der Waals surface area contributed by atoms with Gasteiger partial charge in [0.25, 0.3) is 0 Å². The molecule has 0 bridgehead atoms. The molecule has 21 heavy (non-hydrogen) atoms. The third-order valence-corrected chi connectivity index (χ3v) is 3.56. The van der Waals surface area contributed by atoms with E-state index in [9.17, 15) is 14.7 Å². The lowest BCUT2D eigenvalue weighted by Crippen LogP contribution is -2.50. The molecule has 0 amide bonds. The van der Waals surface area contributed by atoms with Gasteiger partial charge in [0.15, 0.2) is 11.2 Å². The van der Waals surface area contributed by atoms with Crippen molar-refractivity contribution in [3.8, 4) is 0 Å². The van der Waals surface area contributed by atoms with Crippen LogP contribution in [-0.4, -0.2) is 56.0 Å². The van der Waals surface area contributed by atoms with E-state index in [0.717, 1.165) is 12.8 Å². The Balaban J connectivity index is 2.64. The summed E-state index contributed by atoms with van der Waals surface area (Å²) in [6.45, 7) is 4.87. The van der Waals surface area contributed by atoms with Crippen molar-refractivity contribution in [3.05, 3.63) is 0 Å². The summed E-state index contributed by atoms with van der Waals surface area (Å²) in [6, 6.07) is 0. The highest BCUT2D eigenvalue weighted by Gasteiger charge is 2.50. The molecule has 0 aromatic carbocycles. The van der Waals surface area contributed by atoms with Crippen molar-refractivity contribution < 1.29 is 28.9 Å². The highest BCUT2D eigenvalue weighted by molar-refractivity contribution is 6.04. The van der Waals surface area contributed by atoms with Crippen molar-refractivity contribution in [2.75, 3.05) is 33.0 Å². The lowest BCUT2D eigenvalue weighted by Gasteiger charge is -2.34. The molecule has 2 unspecified atom stereocenters. The van der Waals surface area contributed by atoms with E-state index in [0.29, 0.717) is 13.2 Å². The number of hydrogen-bond donors (Lipinski definition) is 1. The number of rotatable bonds is 9. The number of aliphatic hydroxyl groups excluding tert-OH is 1. The van der Waals surface area contributed by atoms with Crippen molar-refractivity contribution >= 4 is 11.8 Å². The van der Waals surface area contributed by atoms with Gasteiger partial charge >= 0.3 is 5.97 Å². The molecular formula is C15H26O6. The zero-order valence-corrected chi connectivity index (χ0v) is 12.9. The number of esters is 1. The summed E-state index contributed by atoms with van der Waals surface area (Å²) in [7, 11) is 0. The Bertz CT molecular complexity index is 343. The van der Waals surface area contributed by atoms with Crippen LogP contribution in [0.5, 0.6) is 0 Å². The Morgan fingerprint density at radius 3 is 2.86 bits per heavy atom. The molecule has 0 aliphatic carbocycles. The Labute approximate surface area is 125 Å². The molecule has 1 aliphatic heterocycles. The van der Waals surface area contributed by atoms with Crippen LogP contribution in [-0.2, 0) is 23.8 Å². The van der Waals surface area contributed by atoms with Crippen LogP contribution in [0.25, 0.3) is 0 Å². The fourth-order valence-electron chi connectivity index (χ4n) is 2.36. The number of carbonyl (C=O) groups excluding carboxylic acids is 2. The van der Waals surface area contributed by atoms with Gasteiger partial charge in [0, 0.05) is 19.4 Å². The van der Waals surface area contributed by atoms with Gasteiger partial charge in [-0.25, -0.2) is 0 Å². The van der Waals surface area contributed by atoms with E-state index in [1.807, 2.05) is 6.92 Å². The summed E-state index contributed by atoms with van der Waals surface area (Å²) >= 11 is 0. The molecule has 1 heterocycles. The maximum absolute atomic E-state index is 12.2. The van der Waals surface area contributed by atoms with E-state index in [1.54, 1.807) is 6.92 Å². The fraction of sp³-hybridized carbons (Fsp3) is 0.867. The maximum Gasteiger partial charge on any atom is 0.322 e. The van der Waals surface area contributed by atoms with Gasteiger partial charge in [0.1, 0.15) is 0 Å². The standard InChI is InChI=1S/C15H26O6/c1-3-5-7-19-10-12(16)9-15(14(18)21-4-2)11-20-8-6-13(15)17/h12,16H,3-11H2,1-2H3. The summed E-state index contributed by atoms with van der Waals surface area (Å²) in [5.41, 5.74) is -1.39. The van der Waals surface area contributed by atoms with Gasteiger partial charge in [0.2, 0.25) is 0 Å². The molecular weight excluding hydrogens is 276 g/mol. The summed E-state index contributed by atoms with van der Waals surface area (Å²) in [4.78, 5) is 24.4. The number of ketones is 1. The van der Waals surface area contributed by atoms with Gasteiger partial charge in [0.05, 0.1) is 32.5 Å². The highest BCUT2D eigenvalue weighted by Crippen LogP contribution is 2.32. The Morgan fingerprint density at radius 1 is 1.48 bits per heavy atom. The van der Waals surface area contributed by atoms with Gasteiger partial charge in [-0.3, -0.25) is 9.59 Å². The zero-order chi connectivity index (χ0) is 15.7. The second kappa shape index (κ2) is 9.12. The molecule has 0 radical (unpaired) electrons. The quantitative estimate of drug-likeness (QED) is 0.390. The zero-order valence-electron chi connectivity index (χ0n) is 12.9. The van der Waals surface area contributed by atoms with E-state index < -0.39 is 17.5 Å². The van der Waals surface area contributed by atoms with Crippen molar-refractivity contribution in [2.24, 2.45) is 5.41 Å². The summed E-state index contributed by atoms with van der Waals surface area (Å²) in [5.74, 6) is -0.831. The predicted molar refractivity (Wildman–Crippen MR) is 75.9 cm³/mol. The highest BCUT2D eigenvalue weighted by atomic mass is 16.5. The van der Waals surface area contributed by atoms with Crippen LogP contribution < -0.4 is 0 Å². The average Bonchev–Trinajstić information content (AvgIpc) is 2.46. The molecule has 1 N–H and O–H groups in total. The second-order valence-corrected chi connectivity index (χ2v) is 5.31.